The molecule has 1 aromatic carbocycles. The fraction of sp³-hybridized carbons (Fsp3) is 0.444. The van der Waals surface area contributed by atoms with Crippen LogP contribution in [0, 0.1) is 0 Å². The van der Waals surface area contributed by atoms with Gasteiger partial charge in [0.05, 0.1) is 5.69 Å². The maximum absolute atomic E-state index is 4.63. The first kappa shape index (κ1) is 15.4. The molecule has 0 atom stereocenters. The van der Waals surface area contributed by atoms with Gasteiger partial charge in [-0.3, -0.25) is 0 Å². The van der Waals surface area contributed by atoms with Gasteiger partial charge in [0.1, 0.15) is 0 Å². The molecule has 2 aliphatic heterocycles. The summed E-state index contributed by atoms with van der Waals surface area (Å²) in [6, 6.07) is 8.56. The van der Waals surface area contributed by atoms with Gasteiger partial charge >= 0.3 is 0 Å². The molecule has 6 nitrogen and oxygen atoms in total. The monoisotopic (exact) mass is 324 g/mol. The zero-order valence-electron chi connectivity index (χ0n) is 14.1. The van der Waals surface area contributed by atoms with Gasteiger partial charge in [-0.2, -0.15) is 0 Å². The molecule has 2 N–H and O–H groups in total. The van der Waals surface area contributed by atoms with E-state index in [2.05, 4.69) is 61.7 Å². The van der Waals surface area contributed by atoms with Crippen LogP contribution in [0.25, 0.3) is 0 Å². The maximum Gasteiger partial charge on any atom is 0.227 e. The molecule has 1 saturated heterocycles. The summed E-state index contributed by atoms with van der Waals surface area (Å²) in [4.78, 5) is 13.9. The molecule has 1 aromatic heterocycles. The number of aromatic nitrogens is 2. The first-order valence-electron chi connectivity index (χ1n) is 8.64. The van der Waals surface area contributed by atoms with Crippen LogP contribution in [0.4, 0.5) is 17.3 Å². The Hall–Kier alpha value is -2.18. The first-order chi connectivity index (χ1) is 11.8. The highest BCUT2D eigenvalue weighted by Crippen LogP contribution is 2.21. The average Bonchev–Trinajstić information content (AvgIpc) is 2.63. The molecule has 2 aliphatic rings. The summed E-state index contributed by atoms with van der Waals surface area (Å²) in [6.07, 6.45) is 2.96. The topological polar surface area (TPSA) is 56.3 Å². The van der Waals surface area contributed by atoms with Gasteiger partial charge in [-0.15, -0.1) is 0 Å². The number of fused-ring (bicyclic) bond motifs is 1. The van der Waals surface area contributed by atoms with Gasteiger partial charge in [-0.05, 0) is 49.8 Å². The van der Waals surface area contributed by atoms with Crippen LogP contribution >= 0.6 is 0 Å². The molecule has 0 spiro atoms. The number of nitrogens with zero attached hydrogens (tertiary/aromatic N) is 4. The third kappa shape index (κ3) is 3.34. The fourth-order valence-electron chi connectivity index (χ4n) is 3.24. The van der Waals surface area contributed by atoms with E-state index in [0.29, 0.717) is 5.95 Å². The second-order valence-corrected chi connectivity index (χ2v) is 6.55. The van der Waals surface area contributed by atoms with E-state index in [9.17, 15) is 0 Å². The molecule has 0 bridgehead atoms. The van der Waals surface area contributed by atoms with Crippen molar-refractivity contribution >= 4 is 17.3 Å². The lowest BCUT2D eigenvalue weighted by Gasteiger charge is -2.34. The Kier molecular flexibility index (Phi) is 4.32. The quantitative estimate of drug-likeness (QED) is 0.895. The van der Waals surface area contributed by atoms with Gasteiger partial charge in [0.15, 0.2) is 0 Å². The lowest BCUT2D eigenvalue weighted by molar-refractivity contribution is 0.313. The second kappa shape index (κ2) is 6.75. The molecule has 24 heavy (non-hydrogen) atoms. The van der Waals surface area contributed by atoms with E-state index in [0.717, 1.165) is 57.1 Å². The number of hydrogen-bond acceptors (Lipinski definition) is 6. The van der Waals surface area contributed by atoms with Crippen molar-refractivity contribution in [2.75, 3.05) is 50.0 Å². The van der Waals surface area contributed by atoms with E-state index < -0.39 is 0 Å². The molecule has 6 heteroatoms. The van der Waals surface area contributed by atoms with Crippen molar-refractivity contribution in [3.8, 4) is 0 Å². The molecular weight excluding hydrogens is 300 g/mol. The van der Waals surface area contributed by atoms with Crippen LogP contribution in [0.5, 0.6) is 0 Å². The third-order valence-corrected chi connectivity index (χ3v) is 4.81. The van der Waals surface area contributed by atoms with Crippen molar-refractivity contribution in [2.24, 2.45) is 0 Å². The van der Waals surface area contributed by atoms with Gasteiger partial charge in [-0.1, -0.05) is 0 Å². The molecule has 0 aliphatic carbocycles. The number of likely N-dealkylation sites (N-methyl/N-ethyl adjacent to an activating group) is 1. The molecule has 0 unspecified atom stereocenters. The number of piperazine rings is 1. The molecule has 0 saturated carbocycles. The van der Waals surface area contributed by atoms with E-state index in [1.165, 1.54) is 11.3 Å². The molecular formula is C18H24N6. The minimum absolute atomic E-state index is 0.671. The molecule has 1 fully saturated rings. The van der Waals surface area contributed by atoms with Crippen LogP contribution in [-0.4, -0.2) is 54.6 Å². The number of benzene rings is 1. The third-order valence-electron chi connectivity index (χ3n) is 4.81. The molecule has 4 rings (SSSR count). The van der Waals surface area contributed by atoms with Crippen LogP contribution in [-0.2, 0) is 13.0 Å². The maximum atomic E-state index is 4.63. The highest BCUT2D eigenvalue weighted by atomic mass is 15.2. The highest BCUT2D eigenvalue weighted by molar-refractivity contribution is 5.59. The summed E-state index contributed by atoms with van der Waals surface area (Å²) < 4.78 is 0. The van der Waals surface area contributed by atoms with E-state index in [1.807, 2.05) is 6.20 Å². The number of anilines is 3. The lowest BCUT2D eigenvalue weighted by atomic mass is 10.1. The zero-order valence-corrected chi connectivity index (χ0v) is 14.1. The molecule has 0 radical (unpaired) electrons. The average molecular weight is 324 g/mol. The van der Waals surface area contributed by atoms with Crippen LogP contribution in [0.3, 0.4) is 0 Å². The van der Waals surface area contributed by atoms with Gasteiger partial charge in [-0.25, -0.2) is 9.97 Å². The minimum atomic E-state index is 0.671. The Balaban J connectivity index is 1.43. The predicted octanol–water partition coefficient (Wildman–Crippen LogP) is 1.62. The van der Waals surface area contributed by atoms with Gasteiger partial charge in [0, 0.05) is 50.3 Å². The molecule has 0 amide bonds. The predicted molar refractivity (Wildman–Crippen MR) is 96.9 cm³/mol. The summed E-state index contributed by atoms with van der Waals surface area (Å²) in [5, 5.41) is 6.67. The van der Waals surface area contributed by atoms with Crippen LogP contribution in [0.2, 0.25) is 0 Å². The Morgan fingerprint density at radius 1 is 1.08 bits per heavy atom. The lowest BCUT2D eigenvalue weighted by Crippen LogP contribution is -2.44. The van der Waals surface area contributed by atoms with Crippen molar-refractivity contribution < 1.29 is 0 Å². The van der Waals surface area contributed by atoms with Crippen molar-refractivity contribution in [3.63, 3.8) is 0 Å². The molecule has 3 heterocycles. The van der Waals surface area contributed by atoms with Crippen LogP contribution in [0.15, 0.2) is 30.5 Å². The molecule has 126 valence electrons. The summed E-state index contributed by atoms with van der Waals surface area (Å²) in [5.41, 5.74) is 4.67. The molecule has 2 aromatic rings. The van der Waals surface area contributed by atoms with Crippen LogP contribution in [0.1, 0.15) is 11.3 Å². The van der Waals surface area contributed by atoms with E-state index in [4.69, 9.17) is 0 Å². The Bertz CT molecular complexity index is 691. The van der Waals surface area contributed by atoms with E-state index >= 15 is 0 Å². The number of nitrogens with one attached hydrogen (secondary N) is 2. The van der Waals surface area contributed by atoms with E-state index in [1.54, 1.807) is 0 Å². The van der Waals surface area contributed by atoms with Gasteiger partial charge in [0.2, 0.25) is 5.95 Å². The Labute approximate surface area is 142 Å². The highest BCUT2D eigenvalue weighted by Gasteiger charge is 2.14. The van der Waals surface area contributed by atoms with Crippen molar-refractivity contribution in [2.45, 2.75) is 13.0 Å². The van der Waals surface area contributed by atoms with Gasteiger partial charge < -0.3 is 20.4 Å². The van der Waals surface area contributed by atoms with Crippen molar-refractivity contribution in [1.82, 2.24) is 20.2 Å². The SMILES string of the molecule is CN1CCN(c2ccc(Nc3ncc4c(n3)CNCC4)cc2)CC1. The van der Waals surface area contributed by atoms with Crippen molar-refractivity contribution in [1.29, 1.82) is 0 Å². The van der Waals surface area contributed by atoms with Crippen LogP contribution < -0.4 is 15.5 Å². The second-order valence-electron chi connectivity index (χ2n) is 6.55. The largest absolute Gasteiger partial charge is 0.369 e. The zero-order chi connectivity index (χ0) is 16.4. The standard InChI is InChI=1S/C18H24N6/c1-23-8-10-24(11-9-23)16-4-2-15(3-5-16)21-18-20-12-14-6-7-19-13-17(14)22-18/h2-5,12,19H,6-11,13H2,1H3,(H,20,21,22). The summed E-state index contributed by atoms with van der Waals surface area (Å²) in [5.74, 6) is 0.671. The van der Waals surface area contributed by atoms with E-state index in [-0.39, 0.29) is 0 Å². The number of rotatable bonds is 3. The normalized spacial score (nSPS) is 18.3. The summed E-state index contributed by atoms with van der Waals surface area (Å²) in [6.45, 7) is 6.26. The van der Waals surface area contributed by atoms with Crippen molar-refractivity contribution in [3.05, 3.63) is 41.7 Å². The first-order valence-corrected chi connectivity index (χ1v) is 8.64. The minimum Gasteiger partial charge on any atom is -0.369 e. The Morgan fingerprint density at radius 3 is 2.67 bits per heavy atom. The summed E-state index contributed by atoms with van der Waals surface area (Å²) >= 11 is 0. The smallest absolute Gasteiger partial charge is 0.227 e. The fourth-order valence-corrected chi connectivity index (χ4v) is 3.24. The number of hydrogen-bond donors (Lipinski definition) is 2. The summed E-state index contributed by atoms with van der Waals surface area (Å²) in [7, 11) is 2.18. The van der Waals surface area contributed by atoms with Gasteiger partial charge in [0.25, 0.3) is 0 Å². The Morgan fingerprint density at radius 2 is 1.88 bits per heavy atom.